The molecular formula is C16H24FNO. The molecule has 0 aromatic heterocycles. The van der Waals surface area contributed by atoms with Crippen molar-refractivity contribution >= 4 is 0 Å². The molecule has 19 heavy (non-hydrogen) atoms. The molecule has 1 aliphatic carbocycles. The summed E-state index contributed by atoms with van der Waals surface area (Å²) in [7, 11) is 0. The van der Waals surface area contributed by atoms with Gasteiger partial charge in [0.25, 0.3) is 0 Å². The van der Waals surface area contributed by atoms with Crippen LogP contribution in [0.5, 0.6) is 5.75 Å². The fourth-order valence-corrected chi connectivity index (χ4v) is 2.80. The minimum Gasteiger partial charge on any atom is -0.490 e. The lowest BCUT2D eigenvalue weighted by atomic mass is 9.86. The first-order valence-electron chi connectivity index (χ1n) is 7.31. The molecular weight excluding hydrogens is 241 g/mol. The molecule has 1 saturated carbocycles. The van der Waals surface area contributed by atoms with Gasteiger partial charge in [-0.3, -0.25) is 0 Å². The summed E-state index contributed by atoms with van der Waals surface area (Å²) in [6.07, 6.45) is 6.10. The molecule has 2 nitrogen and oxygen atoms in total. The Labute approximate surface area is 115 Å². The third-order valence-electron chi connectivity index (χ3n) is 4.14. The van der Waals surface area contributed by atoms with E-state index in [1.54, 1.807) is 13.0 Å². The van der Waals surface area contributed by atoms with Gasteiger partial charge in [0.2, 0.25) is 0 Å². The molecule has 106 valence electrons. The Morgan fingerprint density at radius 2 is 2.00 bits per heavy atom. The summed E-state index contributed by atoms with van der Waals surface area (Å²) in [5.41, 5.74) is 6.24. The van der Waals surface area contributed by atoms with Gasteiger partial charge in [-0.05, 0) is 44.6 Å². The maximum Gasteiger partial charge on any atom is 0.131 e. The minimum absolute atomic E-state index is 0.239. The van der Waals surface area contributed by atoms with Crippen LogP contribution in [0.2, 0.25) is 0 Å². The van der Waals surface area contributed by atoms with Crippen LogP contribution in [0.1, 0.15) is 57.6 Å². The van der Waals surface area contributed by atoms with E-state index >= 15 is 0 Å². The molecule has 3 heteroatoms. The Kier molecular flexibility index (Phi) is 4.81. The first kappa shape index (κ1) is 14.3. The van der Waals surface area contributed by atoms with Crippen molar-refractivity contribution in [2.75, 3.05) is 0 Å². The second-order valence-corrected chi connectivity index (χ2v) is 5.64. The Bertz CT molecular complexity index is 411. The van der Waals surface area contributed by atoms with Crippen LogP contribution in [0.3, 0.4) is 0 Å². The highest BCUT2D eigenvalue weighted by Crippen LogP contribution is 2.30. The molecule has 0 unspecified atom stereocenters. The van der Waals surface area contributed by atoms with Crippen molar-refractivity contribution in [3.8, 4) is 5.75 Å². The van der Waals surface area contributed by atoms with E-state index in [-0.39, 0.29) is 18.0 Å². The van der Waals surface area contributed by atoms with Crippen LogP contribution in [0.4, 0.5) is 4.39 Å². The largest absolute Gasteiger partial charge is 0.490 e. The Balaban J connectivity index is 1.95. The van der Waals surface area contributed by atoms with Gasteiger partial charge in [0.1, 0.15) is 11.6 Å². The number of halogens is 1. The second kappa shape index (κ2) is 6.38. The van der Waals surface area contributed by atoms with Crippen LogP contribution in [0, 0.1) is 11.7 Å². The van der Waals surface area contributed by atoms with Crippen LogP contribution in [-0.4, -0.2) is 6.10 Å². The summed E-state index contributed by atoms with van der Waals surface area (Å²) in [6.45, 7) is 4.03. The molecule has 0 heterocycles. The van der Waals surface area contributed by atoms with Gasteiger partial charge in [0, 0.05) is 17.7 Å². The maximum absolute atomic E-state index is 13.8. The molecule has 0 spiro atoms. The van der Waals surface area contributed by atoms with Crippen molar-refractivity contribution in [3.05, 3.63) is 29.6 Å². The predicted molar refractivity (Wildman–Crippen MR) is 75.7 cm³/mol. The molecule has 1 aliphatic rings. The van der Waals surface area contributed by atoms with Crippen molar-refractivity contribution in [1.82, 2.24) is 0 Å². The van der Waals surface area contributed by atoms with Crippen molar-refractivity contribution in [2.24, 2.45) is 11.7 Å². The number of nitrogens with two attached hydrogens (primary N) is 1. The maximum atomic E-state index is 13.8. The quantitative estimate of drug-likeness (QED) is 0.885. The highest BCUT2D eigenvalue weighted by Gasteiger charge is 2.21. The normalized spacial score (nSPS) is 25.1. The first-order valence-corrected chi connectivity index (χ1v) is 7.31. The SMILES string of the molecule is CCC1CCC(Oc2ccc([C@@H](C)N)c(F)c2)CC1. The fraction of sp³-hybridized carbons (Fsp3) is 0.625. The summed E-state index contributed by atoms with van der Waals surface area (Å²) in [5, 5.41) is 0. The zero-order valence-electron chi connectivity index (χ0n) is 11.9. The molecule has 1 atom stereocenters. The van der Waals surface area contributed by atoms with E-state index in [4.69, 9.17) is 10.5 Å². The van der Waals surface area contributed by atoms with Gasteiger partial charge in [-0.1, -0.05) is 19.4 Å². The summed E-state index contributed by atoms with van der Waals surface area (Å²) in [6, 6.07) is 4.74. The third-order valence-corrected chi connectivity index (χ3v) is 4.14. The highest BCUT2D eigenvalue weighted by atomic mass is 19.1. The lowest BCUT2D eigenvalue weighted by Gasteiger charge is -2.28. The zero-order valence-corrected chi connectivity index (χ0v) is 11.9. The van der Waals surface area contributed by atoms with Crippen molar-refractivity contribution in [1.29, 1.82) is 0 Å². The second-order valence-electron chi connectivity index (χ2n) is 5.64. The lowest BCUT2D eigenvalue weighted by molar-refractivity contribution is 0.129. The average Bonchev–Trinajstić information content (AvgIpc) is 2.39. The van der Waals surface area contributed by atoms with E-state index in [0.29, 0.717) is 11.3 Å². The van der Waals surface area contributed by atoms with Gasteiger partial charge in [-0.2, -0.15) is 0 Å². The average molecular weight is 265 g/mol. The van der Waals surface area contributed by atoms with E-state index in [2.05, 4.69) is 6.92 Å². The molecule has 1 fully saturated rings. The smallest absolute Gasteiger partial charge is 0.131 e. The van der Waals surface area contributed by atoms with E-state index in [0.717, 1.165) is 18.8 Å². The highest BCUT2D eigenvalue weighted by molar-refractivity contribution is 5.30. The Hall–Kier alpha value is -1.09. The van der Waals surface area contributed by atoms with Crippen LogP contribution >= 0.6 is 0 Å². The van der Waals surface area contributed by atoms with Crippen molar-refractivity contribution in [3.63, 3.8) is 0 Å². The summed E-state index contributed by atoms with van der Waals surface area (Å²) >= 11 is 0. The molecule has 2 N–H and O–H groups in total. The monoisotopic (exact) mass is 265 g/mol. The van der Waals surface area contributed by atoms with Crippen molar-refractivity contribution in [2.45, 2.75) is 58.1 Å². The number of ether oxygens (including phenoxy) is 1. The molecule has 0 amide bonds. The standard InChI is InChI=1S/C16H24FNO/c1-3-12-4-6-13(7-5-12)19-14-8-9-15(11(2)18)16(17)10-14/h8-13H,3-7,18H2,1-2H3/t11-,12?,13?/m1/s1. The van der Waals surface area contributed by atoms with Gasteiger partial charge < -0.3 is 10.5 Å². The minimum atomic E-state index is -0.283. The van der Waals surface area contributed by atoms with Crippen LogP contribution in [0.25, 0.3) is 0 Å². The van der Waals surface area contributed by atoms with Crippen LogP contribution in [-0.2, 0) is 0 Å². The van der Waals surface area contributed by atoms with Gasteiger partial charge >= 0.3 is 0 Å². The van der Waals surface area contributed by atoms with Crippen molar-refractivity contribution < 1.29 is 9.13 Å². The van der Waals surface area contributed by atoms with Crippen LogP contribution < -0.4 is 10.5 Å². The van der Waals surface area contributed by atoms with E-state index in [9.17, 15) is 4.39 Å². The molecule has 0 radical (unpaired) electrons. The topological polar surface area (TPSA) is 35.2 Å². The van der Waals surface area contributed by atoms with Gasteiger partial charge in [-0.15, -0.1) is 0 Å². The summed E-state index contributed by atoms with van der Waals surface area (Å²) in [5.74, 6) is 1.20. The fourth-order valence-electron chi connectivity index (χ4n) is 2.80. The molecule has 0 aliphatic heterocycles. The summed E-state index contributed by atoms with van der Waals surface area (Å²) in [4.78, 5) is 0. The van der Waals surface area contributed by atoms with Gasteiger partial charge in [0.15, 0.2) is 0 Å². The number of rotatable bonds is 4. The van der Waals surface area contributed by atoms with E-state index < -0.39 is 0 Å². The Morgan fingerprint density at radius 1 is 1.32 bits per heavy atom. The predicted octanol–water partition coefficient (Wildman–Crippen LogP) is 4.19. The molecule has 2 rings (SSSR count). The molecule has 0 saturated heterocycles. The number of benzene rings is 1. The first-order chi connectivity index (χ1) is 9.10. The number of hydrogen-bond acceptors (Lipinski definition) is 2. The third kappa shape index (κ3) is 3.69. The van der Waals surface area contributed by atoms with Crippen LogP contribution in [0.15, 0.2) is 18.2 Å². The molecule has 0 bridgehead atoms. The molecule has 1 aromatic carbocycles. The Morgan fingerprint density at radius 3 is 2.53 bits per heavy atom. The van der Waals surface area contributed by atoms with Gasteiger partial charge in [0.05, 0.1) is 6.10 Å². The van der Waals surface area contributed by atoms with Gasteiger partial charge in [-0.25, -0.2) is 4.39 Å². The van der Waals surface area contributed by atoms with E-state index in [1.807, 2.05) is 6.07 Å². The number of hydrogen-bond donors (Lipinski definition) is 1. The lowest BCUT2D eigenvalue weighted by Crippen LogP contribution is -2.24. The van der Waals surface area contributed by atoms with E-state index in [1.165, 1.54) is 25.3 Å². The summed E-state index contributed by atoms with van der Waals surface area (Å²) < 4.78 is 19.7. The molecule has 1 aromatic rings. The zero-order chi connectivity index (χ0) is 13.8.